The van der Waals surface area contributed by atoms with E-state index in [1.165, 1.54) is 6.08 Å². The molecule has 9 heteroatoms. The summed E-state index contributed by atoms with van der Waals surface area (Å²) in [4.78, 5) is 47.3. The van der Waals surface area contributed by atoms with Crippen LogP contribution in [0.4, 0.5) is 0 Å². The van der Waals surface area contributed by atoms with Crippen LogP contribution in [-0.4, -0.2) is 74.7 Å². The van der Waals surface area contributed by atoms with Crippen molar-refractivity contribution in [2.75, 3.05) is 46.1 Å². The Morgan fingerprint density at radius 1 is 1.04 bits per heavy atom. The van der Waals surface area contributed by atoms with E-state index in [2.05, 4.69) is 5.32 Å². The van der Waals surface area contributed by atoms with E-state index in [4.69, 9.17) is 14.2 Å². The van der Waals surface area contributed by atoms with Crippen LogP contribution >= 0.6 is 0 Å². The third kappa shape index (κ3) is 9.61. The summed E-state index contributed by atoms with van der Waals surface area (Å²) in [6, 6.07) is 0. The second-order valence-electron chi connectivity index (χ2n) is 6.27. The number of hydrogen-bond donors (Lipinski definition) is 1. The molecule has 0 fully saturated rings. The lowest BCUT2D eigenvalue weighted by atomic mass is 10.3. The molecule has 0 saturated carbocycles. The van der Waals surface area contributed by atoms with Crippen molar-refractivity contribution >= 4 is 23.7 Å². The van der Waals surface area contributed by atoms with E-state index in [9.17, 15) is 19.2 Å². The van der Waals surface area contributed by atoms with Crippen LogP contribution in [0.5, 0.6) is 0 Å². The van der Waals surface area contributed by atoms with Crippen molar-refractivity contribution in [1.82, 2.24) is 10.2 Å². The minimum absolute atomic E-state index is 0.0517. The molecule has 0 spiro atoms. The Kier molecular flexibility index (Phi) is 11.8. The number of ether oxygens (including phenoxy) is 3. The first-order valence-electron chi connectivity index (χ1n) is 9.57. The number of amides is 3. The molecule has 0 aromatic heterocycles. The van der Waals surface area contributed by atoms with Crippen LogP contribution in [0.15, 0.2) is 11.6 Å². The molecule has 3 amide bonds. The van der Waals surface area contributed by atoms with E-state index in [-0.39, 0.29) is 49.7 Å². The van der Waals surface area contributed by atoms with Crippen molar-refractivity contribution in [3.8, 4) is 0 Å². The van der Waals surface area contributed by atoms with Gasteiger partial charge in [-0.2, -0.15) is 0 Å². The maximum Gasteiger partial charge on any atom is 0.308 e. The molecule has 158 valence electrons. The number of carbonyl (C=O) groups is 4. The predicted molar refractivity (Wildman–Crippen MR) is 100 cm³/mol. The molecular formula is C19H30N2O7. The van der Waals surface area contributed by atoms with Crippen molar-refractivity contribution in [2.24, 2.45) is 0 Å². The van der Waals surface area contributed by atoms with E-state index < -0.39 is 0 Å². The summed E-state index contributed by atoms with van der Waals surface area (Å²) in [5.74, 6) is -1.25. The third-order valence-electron chi connectivity index (χ3n) is 3.90. The number of rotatable bonds is 15. The summed E-state index contributed by atoms with van der Waals surface area (Å²) in [6.07, 6.45) is 3.39. The molecule has 0 saturated heterocycles. The number of carbonyl (C=O) groups excluding carboxylic acids is 4. The van der Waals surface area contributed by atoms with Gasteiger partial charge < -0.3 is 19.5 Å². The fourth-order valence-corrected chi connectivity index (χ4v) is 2.29. The molecule has 1 rings (SSSR count). The minimum atomic E-state index is -0.382. The second-order valence-corrected chi connectivity index (χ2v) is 6.27. The SMILES string of the molecule is CCCCOC(=O)CCOCCOCCNC(=O)CCN1C(=O)C=C(C)C1=O. The molecule has 0 aromatic carbocycles. The van der Waals surface area contributed by atoms with Crippen molar-refractivity contribution in [2.45, 2.75) is 39.5 Å². The van der Waals surface area contributed by atoms with E-state index >= 15 is 0 Å². The van der Waals surface area contributed by atoms with Crippen molar-refractivity contribution in [3.63, 3.8) is 0 Å². The van der Waals surface area contributed by atoms with Crippen LogP contribution in [0.1, 0.15) is 39.5 Å². The zero-order valence-electron chi connectivity index (χ0n) is 16.7. The van der Waals surface area contributed by atoms with E-state index in [1.807, 2.05) is 6.92 Å². The monoisotopic (exact) mass is 398 g/mol. The summed E-state index contributed by atoms with van der Waals surface area (Å²) >= 11 is 0. The molecule has 1 aliphatic rings. The molecule has 1 aliphatic heterocycles. The van der Waals surface area contributed by atoms with Crippen LogP contribution in [0.2, 0.25) is 0 Å². The van der Waals surface area contributed by atoms with Crippen molar-refractivity contribution in [1.29, 1.82) is 0 Å². The minimum Gasteiger partial charge on any atom is -0.466 e. The molecule has 1 N–H and O–H groups in total. The average molecular weight is 398 g/mol. The highest BCUT2D eigenvalue weighted by atomic mass is 16.5. The normalized spacial score (nSPS) is 13.6. The number of esters is 1. The highest BCUT2D eigenvalue weighted by Gasteiger charge is 2.28. The molecule has 0 atom stereocenters. The molecule has 9 nitrogen and oxygen atoms in total. The maximum absolute atomic E-state index is 11.7. The molecule has 0 aromatic rings. The lowest BCUT2D eigenvalue weighted by Gasteiger charge is -2.14. The summed E-state index contributed by atoms with van der Waals surface area (Å²) in [5.41, 5.74) is 0.384. The quantitative estimate of drug-likeness (QED) is 0.244. The van der Waals surface area contributed by atoms with Crippen LogP contribution in [0, 0.1) is 0 Å². The van der Waals surface area contributed by atoms with Crippen LogP contribution < -0.4 is 5.32 Å². The standard InChI is InChI=1S/C19H30N2O7/c1-3-4-9-28-18(24)6-10-26-12-13-27-11-7-20-16(22)5-8-21-17(23)14-15(2)19(21)25/h14H,3-13H2,1-2H3,(H,20,22). The summed E-state index contributed by atoms with van der Waals surface area (Å²) in [6.45, 7) is 5.73. The van der Waals surface area contributed by atoms with Gasteiger partial charge in [-0.15, -0.1) is 0 Å². The Labute approximate surface area is 165 Å². The van der Waals surface area contributed by atoms with Gasteiger partial charge in [0, 0.05) is 31.2 Å². The lowest BCUT2D eigenvalue weighted by molar-refractivity contribution is -0.145. The predicted octanol–water partition coefficient (Wildman–Crippen LogP) is 0.574. The van der Waals surface area contributed by atoms with Crippen molar-refractivity contribution < 1.29 is 33.4 Å². The summed E-state index contributed by atoms with van der Waals surface area (Å²) in [5, 5.41) is 2.66. The third-order valence-corrected chi connectivity index (χ3v) is 3.90. The van der Waals surface area contributed by atoms with Gasteiger partial charge in [0.2, 0.25) is 5.91 Å². The first kappa shape index (κ1) is 23.8. The number of unbranched alkanes of at least 4 members (excludes halogenated alkanes) is 1. The number of nitrogens with zero attached hydrogens (tertiary/aromatic N) is 1. The van der Waals surface area contributed by atoms with E-state index in [0.29, 0.717) is 38.5 Å². The Morgan fingerprint density at radius 3 is 2.39 bits per heavy atom. The topological polar surface area (TPSA) is 111 Å². The molecule has 1 heterocycles. The lowest BCUT2D eigenvalue weighted by Crippen LogP contribution is -2.36. The Hall–Kier alpha value is -2.26. The fraction of sp³-hybridized carbons (Fsp3) is 0.684. The first-order chi connectivity index (χ1) is 13.5. The van der Waals surface area contributed by atoms with Crippen LogP contribution in [-0.2, 0) is 33.4 Å². The van der Waals surface area contributed by atoms with Gasteiger partial charge in [-0.3, -0.25) is 24.1 Å². The van der Waals surface area contributed by atoms with Gasteiger partial charge in [-0.25, -0.2) is 0 Å². The summed E-state index contributed by atoms with van der Waals surface area (Å²) in [7, 11) is 0. The van der Waals surface area contributed by atoms with Gasteiger partial charge in [0.15, 0.2) is 0 Å². The van der Waals surface area contributed by atoms with Gasteiger partial charge >= 0.3 is 5.97 Å². The molecule has 28 heavy (non-hydrogen) atoms. The van der Waals surface area contributed by atoms with Gasteiger partial charge in [-0.1, -0.05) is 13.3 Å². The zero-order chi connectivity index (χ0) is 20.8. The molecule has 0 unspecified atom stereocenters. The van der Waals surface area contributed by atoms with E-state index in [0.717, 1.165) is 17.7 Å². The highest BCUT2D eigenvalue weighted by molar-refractivity contribution is 6.15. The Balaban J connectivity index is 1.92. The van der Waals surface area contributed by atoms with Crippen LogP contribution in [0.3, 0.4) is 0 Å². The molecule has 0 bridgehead atoms. The fourth-order valence-electron chi connectivity index (χ4n) is 2.29. The van der Waals surface area contributed by atoms with Crippen LogP contribution in [0.25, 0.3) is 0 Å². The second kappa shape index (κ2) is 13.8. The summed E-state index contributed by atoms with van der Waals surface area (Å²) < 4.78 is 15.6. The average Bonchev–Trinajstić information content (AvgIpc) is 2.90. The van der Waals surface area contributed by atoms with Gasteiger partial charge in [-0.05, 0) is 13.3 Å². The smallest absolute Gasteiger partial charge is 0.308 e. The van der Waals surface area contributed by atoms with Gasteiger partial charge in [0.05, 0.1) is 39.5 Å². The highest BCUT2D eigenvalue weighted by Crippen LogP contribution is 2.11. The Bertz CT molecular complexity index is 575. The van der Waals surface area contributed by atoms with Gasteiger partial charge in [0.1, 0.15) is 0 Å². The Morgan fingerprint density at radius 2 is 1.75 bits per heavy atom. The molecular weight excluding hydrogens is 368 g/mol. The van der Waals surface area contributed by atoms with E-state index in [1.54, 1.807) is 6.92 Å². The number of imide groups is 1. The first-order valence-corrected chi connectivity index (χ1v) is 9.57. The van der Waals surface area contributed by atoms with Gasteiger partial charge in [0.25, 0.3) is 11.8 Å². The molecule has 0 aliphatic carbocycles. The van der Waals surface area contributed by atoms with Crippen molar-refractivity contribution in [3.05, 3.63) is 11.6 Å². The number of nitrogens with one attached hydrogen (secondary N) is 1. The largest absolute Gasteiger partial charge is 0.466 e. The molecule has 0 radical (unpaired) electrons. The zero-order valence-corrected chi connectivity index (χ0v) is 16.7. The number of hydrogen-bond acceptors (Lipinski definition) is 7. The maximum atomic E-state index is 11.7.